The molecular formula is C20H21N3O7. The number of nitro benzene ring substituents is 1. The quantitative estimate of drug-likeness (QED) is 0.419. The van der Waals surface area contributed by atoms with Crippen molar-refractivity contribution in [3.05, 3.63) is 68.8 Å². The average Bonchev–Trinajstić information content (AvgIpc) is 2.73. The van der Waals surface area contributed by atoms with Crippen molar-refractivity contribution in [1.29, 1.82) is 0 Å². The summed E-state index contributed by atoms with van der Waals surface area (Å²) in [5.41, 5.74) is 5.38. The Hall–Kier alpha value is -3.95. The summed E-state index contributed by atoms with van der Waals surface area (Å²) in [5.74, 6) is -1.79. The molecule has 0 aliphatic heterocycles. The third-order valence-electron chi connectivity index (χ3n) is 4.34. The van der Waals surface area contributed by atoms with Gasteiger partial charge in [-0.05, 0) is 44.0 Å². The van der Waals surface area contributed by atoms with E-state index in [1.54, 1.807) is 12.1 Å². The van der Waals surface area contributed by atoms with Crippen molar-refractivity contribution in [2.24, 2.45) is 0 Å². The topological polar surface area (TPSA) is 137 Å². The minimum Gasteiger partial charge on any atom is -0.481 e. The largest absolute Gasteiger partial charge is 0.481 e. The van der Waals surface area contributed by atoms with Crippen LogP contribution in [0.25, 0.3) is 0 Å². The molecule has 30 heavy (non-hydrogen) atoms. The van der Waals surface area contributed by atoms with Crippen LogP contribution in [-0.4, -0.2) is 35.9 Å². The lowest BCUT2D eigenvalue weighted by Crippen LogP contribution is -2.47. The van der Waals surface area contributed by atoms with Crippen LogP contribution in [0.2, 0.25) is 0 Å². The molecule has 0 aliphatic carbocycles. The number of nitro groups is 1. The van der Waals surface area contributed by atoms with Crippen LogP contribution in [0.4, 0.5) is 5.69 Å². The second kappa shape index (κ2) is 9.50. The van der Waals surface area contributed by atoms with Crippen LogP contribution in [0.1, 0.15) is 38.8 Å². The van der Waals surface area contributed by atoms with Gasteiger partial charge in [0.25, 0.3) is 17.5 Å². The first-order chi connectivity index (χ1) is 14.1. The zero-order chi connectivity index (χ0) is 22.4. The van der Waals surface area contributed by atoms with E-state index in [0.717, 1.165) is 36.4 Å². The molecule has 2 aromatic rings. The van der Waals surface area contributed by atoms with Gasteiger partial charge in [0, 0.05) is 17.7 Å². The molecule has 0 heterocycles. The lowest BCUT2D eigenvalue weighted by atomic mass is 10.1. The number of hydrogen-bond donors (Lipinski definition) is 2. The van der Waals surface area contributed by atoms with Crippen LogP contribution in [0.5, 0.6) is 5.75 Å². The fourth-order valence-electron chi connectivity index (χ4n) is 2.47. The molecule has 0 saturated heterocycles. The van der Waals surface area contributed by atoms with Gasteiger partial charge in [-0.1, -0.05) is 12.1 Å². The van der Waals surface area contributed by atoms with Crippen LogP contribution >= 0.6 is 0 Å². The highest BCUT2D eigenvalue weighted by Crippen LogP contribution is 2.22. The maximum Gasteiger partial charge on any atom is 0.338 e. The number of nitrogens with one attached hydrogen (secondary N) is 2. The Morgan fingerprint density at radius 3 is 2.37 bits per heavy atom. The molecule has 1 atom stereocenters. The first-order valence-corrected chi connectivity index (χ1v) is 8.85. The number of non-ortho nitro benzene ring substituents is 1. The molecular weight excluding hydrogens is 394 g/mol. The number of carbonyl (C=O) groups is 3. The first kappa shape index (κ1) is 22.3. The summed E-state index contributed by atoms with van der Waals surface area (Å²) >= 11 is 0. The van der Waals surface area contributed by atoms with Gasteiger partial charge < -0.3 is 9.47 Å². The number of methoxy groups -OCH3 is 1. The third kappa shape index (κ3) is 5.31. The smallest absolute Gasteiger partial charge is 0.338 e. The molecule has 10 nitrogen and oxygen atoms in total. The molecule has 0 saturated carbocycles. The Bertz CT molecular complexity index is 1000. The number of ether oxygens (including phenoxy) is 2. The number of hydrazine groups is 1. The number of carbonyl (C=O) groups excluding carboxylic acids is 3. The van der Waals surface area contributed by atoms with Crippen LogP contribution in [0, 0.1) is 24.0 Å². The average molecular weight is 415 g/mol. The zero-order valence-electron chi connectivity index (χ0n) is 16.8. The lowest BCUT2D eigenvalue weighted by Gasteiger charge is -2.17. The molecule has 10 heteroatoms. The van der Waals surface area contributed by atoms with Gasteiger partial charge in [0.15, 0.2) is 6.10 Å². The number of rotatable bonds is 6. The highest BCUT2D eigenvalue weighted by molar-refractivity contribution is 5.99. The standard InChI is InChI=1S/C20H21N3O7/c1-11-6-5-7-17(12(11)2)30-13(3)18(24)21-22-19(25)14-8-15(20(26)29-4)10-16(9-14)23(27)28/h5-10,13H,1-4H3,(H,21,24)(H,22,25). The number of benzene rings is 2. The number of nitrogens with zero attached hydrogens (tertiary/aromatic N) is 1. The fraction of sp³-hybridized carbons (Fsp3) is 0.250. The second-order valence-electron chi connectivity index (χ2n) is 6.42. The van der Waals surface area contributed by atoms with E-state index in [-0.39, 0.29) is 11.1 Å². The molecule has 0 aliphatic rings. The van der Waals surface area contributed by atoms with Crippen molar-refractivity contribution in [2.75, 3.05) is 7.11 Å². The van der Waals surface area contributed by atoms with Crippen LogP contribution < -0.4 is 15.6 Å². The maximum absolute atomic E-state index is 12.3. The monoisotopic (exact) mass is 415 g/mol. The van der Waals surface area contributed by atoms with E-state index in [0.29, 0.717) is 5.75 Å². The predicted octanol–water partition coefficient (Wildman–Crippen LogP) is 2.23. The molecule has 158 valence electrons. The van der Waals surface area contributed by atoms with Gasteiger partial charge in [0.1, 0.15) is 5.75 Å². The van der Waals surface area contributed by atoms with Crippen LogP contribution in [-0.2, 0) is 9.53 Å². The second-order valence-corrected chi connectivity index (χ2v) is 6.42. The minimum atomic E-state index is -0.929. The minimum absolute atomic E-state index is 0.171. The summed E-state index contributed by atoms with van der Waals surface area (Å²) in [6, 6.07) is 8.52. The van der Waals surface area contributed by atoms with E-state index in [1.807, 2.05) is 19.9 Å². The van der Waals surface area contributed by atoms with Crippen molar-refractivity contribution in [2.45, 2.75) is 26.9 Å². The Balaban J connectivity index is 2.08. The van der Waals surface area contributed by atoms with Crippen molar-refractivity contribution >= 4 is 23.5 Å². The maximum atomic E-state index is 12.3. The van der Waals surface area contributed by atoms with Crippen molar-refractivity contribution in [3.63, 3.8) is 0 Å². The summed E-state index contributed by atoms with van der Waals surface area (Å²) in [6.07, 6.45) is -0.929. The zero-order valence-corrected chi connectivity index (χ0v) is 16.8. The van der Waals surface area contributed by atoms with Gasteiger partial charge in [-0.3, -0.25) is 30.6 Å². The number of aryl methyl sites for hydroxylation is 1. The van der Waals surface area contributed by atoms with E-state index in [1.165, 1.54) is 6.92 Å². The number of esters is 1. The normalized spacial score (nSPS) is 11.2. The van der Waals surface area contributed by atoms with Gasteiger partial charge in [0.05, 0.1) is 17.6 Å². The molecule has 0 radical (unpaired) electrons. The summed E-state index contributed by atoms with van der Waals surface area (Å²) < 4.78 is 10.2. The Morgan fingerprint density at radius 2 is 1.73 bits per heavy atom. The van der Waals surface area contributed by atoms with Crippen LogP contribution in [0.3, 0.4) is 0 Å². The van der Waals surface area contributed by atoms with E-state index in [4.69, 9.17) is 4.74 Å². The molecule has 2 rings (SSSR count). The fourth-order valence-corrected chi connectivity index (χ4v) is 2.47. The van der Waals surface area contributed by atoms with E-state index in [2.05, 4.69) is 15.6 Å². The molecule has 0 aromatic heterocycles. The Labute approximate surface area is 172 Å². The van der Waals surface area contributed by atoms with Gasteiger partial charge in [-0.2, -0.15) is 0 Å². The molecule has 2 N–H and O–H groups in total. The number of hydrogen-bond acceptors (Lipinski definition) is 7. The summed E-state index contributed by atoms with van der Waals surface area (Å²) in [4.78, 5) is 46.6. The highest BCUT2D eigenvalue weighted by Gasteiger charge is 2.20. The Morgan fingerprint density at radius 1 is 1.07 bits per heavy atom. The van der Waals surface area contributed by atoms with Crippen molar-refractivity contribution in [1.82, 2.24) is 10.9 Å². The molecule has 2 amide bonds. The van der Waals surface area contributed by atoms with Crippen LogP contribution in [0.15, 0.2) is 36.4 Å². The summed E-state index contributed by atoms with van der Waals surface area (Å²) in [7, 11) is 1.11. The molecule has 2 aromatic carbocycles. The van der Waals surface area contributed by atoms with Gasteiger partial charge in [0.2, 0.25) is 0 Å². The van der Waals surface area contributed by atoms with Crippen molar-refractivity contribution in [3.8, 4) is 5.75 Å². The summed E-state index contributed by atoms with van der Waals surface area (Å²) in [6.45, 7) is 5.28. The predicted molar refractivity (Wildman–Crippen MR) is 106 cm³/mol. The Kier molecular flexibility index (Phi) is 7.08. The molecule has 0 bridgehead atoms. The van der Waals surface area contributed by atoms with Gasteiger partial charge in [-0.15, -0.1) is 0 Å². The molecule has 1 unspecified atom stereocenters. The van der Waals surface area contributed by atoms with Gasteiger partial charge >= 0.3 is 5.97 Å². The number of amides is 2. The summed E-state index contributed by atoms with van der Waals surface area (Å²) in [5, 5.41) is 11.1. The lowest BCUT2D eigenvalue weighted by molar-refractivity contribution is -0.384. The van der Waals surface area contributed by atoms with E-state index >= 15 is 0 Å². The van der Waals surface area contributed by atoms with E-state index in [9.17, 15) is 24.5 Å². The first-order valence-electron chi connectivity index (χ1n) is 8.85. The highest BCUT2D eigenvalue weighted by atomic mass is 16.6. The van der Waals surface area contributed by atoms with Crippen molar-refractivity contribution < 1.29 is 28.8 Å². The molecule has 0 spiro atoms. The molecule has 0 fully saturated rings. The third-order valence-corrected chi connectivity index (χ3v) is 4.34. The van der Waals surface area contributed by atoms with Gasteiger partial charge in [-0.25, -0.2) is 4.79 Å². The SMILES string of the molecule is COC(=O)c1cc(C(=O)NNC(=O)C(C)Oc2cccc(C)c2C)cc([N+](=O)[O-])c1. The van der Waals surface area contributed by atoms with E-state index < -0.39 is 34.5 Å².